The van der Waals surface area contributed by atoms with Crippen LogP contribution < -0.4 is 9.46 Å². The zero-order valence-electron chi connectivity index (χ0n) is 12.4. The lowest BCUT2D eigenvalue weighted by Gasteiger charge is -2.14. The van der Waals surface area contributed by atoms with Gasteiger partial charge in [-0.3, -0.25) is 4.72 Å². The molecule has 0 heterocycles. The maximum atomic E-state index is 12.8. The first-order valence-electron chi connectivity index (χ1n) is 6.76. The second kappa shape index (κ2) is 6.90. The van der Waals surface area contributed by atoms with Gasteiger partial charge in [0.05, 0.1) is 22.9 Å². The third-order valence-corrected chi connectivity index (χ3v) is 4.83. The lowest BCUT2D eigenvalue weighted by atomic mass is 10.2. The number of hydrogen-bond donors (Lipinski definition) is 1. The Morgan fingerprint density at radius 1 is 1.17 bits per heavy atom. The molecule has 0 aliphatic rings. The van der Waals surface area contributed by atoms with E-state index < -0.39 is 26.7 Å². The minimum Gasteiger partial charge on any atom is -0.492 e. The Morgan fingerprint density at radius 2 is 1.83 bits per heavy atom. The third-order valence-electron chi connectivity index (χ3n) is 2.98. The van der Waals surface area contributed by atoms with Gasteiger partial charge in [-0.15, -0.1) is 0 Å². The van der Waals surface area contributed by atoms with Crippen molar-refractivity contribution in [3.63, 3.8) is 0 Å². The Bertz CT molecular complexity index is 838. The Hall–Kier alpha value is -1.93. The molecule has 130 valence electrons. The van der Waals surface area contributed by atoms with E-state index in [4.69, 9.17) is 16.3 Å². The molecule has 2 aromatic carbocycles. The molecule has 24 heavy (non-hydrogen) atoms. The van der Waals surface area contributed by atoms with E-state index in [9.17, 15) is 21.6 Å². The average molecular weight is 380 g/mol. The zero-order valence-corrected chi connectivity index (χ0v) is 14.0. The second-order valence-electron chi connectivity index (χ2n) is 4.68. The minimum absolute atomic E-state index is 0.104. The predicted octanol–water partition coefficient (Wildman–Crippen LogP) is 4.56. The van der Waals surface area contributed by atoms with Crippen molar-refractivity contribution in [2.24, 2.45) is 0 Å². The first-order chi connectivity index (χ1) is 11.1. The third kappa shape index (κ3) is 4.12. The Kier molecular flexibility index (Phi) is 5.29. The Balaban J connectivity index is 2.45. The summed E-state index contributed by atoms with van der Waals surface area (Å²) in [7, 11) is -4.33. The molecule has 0 amide bonds. The summed E-state index contributed by atoms with van der Waals surface area (Å²) < 4.78 is 70.8. The van der Waals surface area contributed by atoms with Crippen molar-refractivity contribution in [2.75, 3.05) is 11.3 Å². The lowest BCUT2D eigenvalue weighted by Crippen LogP contribution is -2.16. The summed E-state index contributed by atoms with van der Waals surface area (Å²) in [5, 5.41) is -0.315. The number of hydrogen-bond acceptors (Lipinski definition) is 3. The van der Waals surface area contributed by atoms with Gasteiger partial charge < -0.3 is 4.74 Å². The molecular formula is C15H13ClF3NO3S. The molecule has 2 aromatic rings. The molecule has 9 heteroatoms. The molecule has 0 unspecified atom stereocenters. The van der Waals surface area contributed by atoms with Gasteiger partial charge in [-0.05, 0) is 37.3 Å². The van der Waals surface area contributed by atoms with Crippen molar-refractivity contribution in [1.82, 2.24) is 0 Å². The fourth-order valence-corrected chi connectivity index (χ4v) is 3.51. The van der Waals surface area contributed by atoms with Gasteiger partial charge in [0.25, 0.3) is 10.0 Å². The first kappa shape index (κ1) is 18.4. The van der Waals surface area contributed by atoms with Crippen molar-refractivity contribution < 1.29 is 26.3 Å². The summed E-state index contributed by atoms with van der Waals surface area (Å²) in [6.45, 7) is 2.01. The average Bonchev–Trinajstić information content (AvgIpc) is 2.48. The fourth-order valence-electron chi connectivity index (χ4n) is 1.92. The van der Waals surface area contributed by atoms with E-state index in [1.807, 2.05) is 0 Å². The standard InChI is InChI=1S/C15H13ClF3NO3S/c1-2-23-13-6-4-3-5-12(13)20-24(21,22)14-9-10(15(17,18)19)7-8-11(14)16/h3-9,20H,2H2,1H3. The number of alkyl halides is 3. The van der Waals surface area contributed by atoms with Gasteiger partial charge in [-0.25, -0.2) is 8.42 Å². The predicted molar refractivity (Wildman–Crippen MR) is 84.9 cm³/mol. The molecule has 0 aliphatic heterocycles. The van der Waals surface area contributed by atoms with Crippen molar-refractivity contribution in [2.45, 2.75) is 18.0 Å². The SMILES string of the molecule is CCOc1ccccc1NS(=O)(=O)c1cc(C(F)(F)F)ccc1Cl. The highest BCUT2D eigenvalue weighted by Crippen LogP contribution is 2.34. The van der Waals surface area contributed by atoms with Gasteiger partial charge in [0.2, 0.25) is 0 Å². The Morgan fingerprint density at radius 3 is 2.46 bits per heavy atom. The van der Waals surface area contributed by atoms with E-state index in [2.05, 4.69) is 4.72 Å². The van der Waals surface area contributed by atoms with Crippen LogP contribution in [0, 0.1) is 0 Å². The minimum atomic E-state index is -4.68. The van der Waals surface area contributed by atoms with Crippen LogP contribution in [0.4, 0.5) is 18.9 Å². The number of para-hydroxylation sites is 2. The second-order valence-corrected chi connectivity index (χ2v) is 6.74. The van der Waals surface area contributed by atoms with Crippen molar-refractivity contribution in [3.8, 4) is 5.75 Å². The molecule has 0 bridgehead atoms. The zero-order chi connectivity index (χ0) is 18.0. The highest BCUT2D eigenvalue weighted by molar-refractivity contribution is 7.92. The summed E-state index contributed by atoms with van der Waals surface area (Å²) in [4.78, 5) is -0.662. The monoisotopic (exact) mass is 379 g/mol. The van der Waals surface area contributed by atoms with E-state index in [0.717, 1.165) is 12.1 Å². The van der Waals surface area contributed by atoms with Crippen LogP contribution in [0.25, 0.3) is 0 Å². The van der Waals surface area contributed by atoms with Crippen LogP contribution in [-0.2, 0) is 16.2 Å². The fraction of sp³-hybridized carbons (Fsp3) is 0.200. The molecule has 0 aromatic heterocycles. The summed E-state index contributed by atoms with van der Waals surface area (Å²) in [5.41, 5.74) is -1.00. The highest BCUT2D eigenvalue weighted by Gasteiger charge is 2.33. The molecule has 0 saturated carbocycles. The molecule has 1 N–H and O–H groups in total. The van der Waals surface area contributed by atoms with E-state index in [1.165, 1.54) is 12.1 Å². The van der Waals surface area contributed by atoms with Gasteiger partial charge in [0.1, 0.15) is 10.6 Å². The van der Waals surface area contributed by atoms with Gasteiger partial charge in [-0.1, -0.05) is 23.7 Å². The van der Waals surface area contributed by atoms with Crippen LogP contribution in [0.5, 0.6) is 5.75 Å². The summed E-state index contributed by atoms with van der Waals surface area (Å²) in [6.07, 6.45) is -4.68. The number of halogens is 4. The number of anilines is 1. The topological polar surface area (TPSA) is 55.4 Å². The smallest absolute Gasteiger partial charge is 0.416 e. The van der Waals surface area contributed by atoms with Crippen LogP contribution in [0.1, 0.15) is 12.5 Å². The van der Waals surface area contributed by atoms with Crippen LogP contribution in [-0.4, -0.2) is 15.0 Å². The van der Waals surface area contributed by atoms with Crippen molar-refractivity contribution in [3.05, 3.63) is 53.1 Å². The molecule has 0 radical (unpaired) electrons. The number of nitrogens with one attached hydrogen (secondary N) is 1. The van der Waals surface area contributed by atoms with Gasteiger partial charge >= 0.3 is 6.18 Å². The maximum absolute atomic E-state index is 12.8. The lowest BCUT2D eigenvalue weighted by molar-refractivity contribution is -0.137. The molecule has 0 spiro atoms. The van der Waals surface area contributed by atoms with E-state index >= 15 is 0 Å². The van der Waals surface area contributed by atoms with E-state index in [1.54, 1.807) is 19.1 Å². The molecule has 0 aliphatic carbocycles. The van der Waals surface area contributed by atoms with Crippen LogP contribution in [0.2, 0.25) is 5.02 Å². The number of rotatable bonds is 5. The van der Waals surface area contributed by atoms with Crippen LogP contribution in [0.3, 0.4) is 0 Å². The van der Waals surface area contributed by atoms with Crippen LogP contribution >= 0.6 is 11.6 Å². The molecule has 0 fully saturated rings. The largest absolute Gasteiger partial charge is 0.492 e. The number of sulfonamides is 1. The molecule has 0 atom stereocenters. The summed E-state index contributed by atoms with van der Waals surface area (Å²) >= 11 is 5.78. The van der Waals surface area contributed by atoms with Gasteiger partial charge in [0.15, 0.2) is 0 Å². The Labute approximate surface area is 142 Å². The van der Waals surface area contributed by atoms with E-state index in [0.29, 0.717) is 12.7 Å². The van der Waals surface area contributed by atoms with Gasteiger partial charge in [-0.2, -0.15) is 13.2 Å². The highest BCUT2D eigenvalue weighted by atomic mass is 35.5. The van der Waals surface area contributed by atoms with Crippen molar-refractivity contribution >= 4 is 27.3 Å². The van der Waals surface area contributed by atoms with Gasteiger partial charge in [0, 0.05) is 0 Å². The first-order valence-corrected chi connectivity index (χ1v) is 8.62. The van der Waals surface area contributed by atoms with E-state index in [-0.39, 0.29) is 16.5 Å². The quantitative estimate of drug-likeness (QED) is 0.828. The molecule has 2 rings (SSSR count). The normalized spacial score (nSPS) is 12.0. The molecule has 0 saturated heterocycles. The summed E-state index contributed by atoms with van der Waals surface area (Å²) in [5.74, 6) is 0.256. The van der Waals surface area contributed by atoms with Crippen LogP contribution in [0.15, 0.2) is 47.4 Å². The summed E-state index contributed by atoms with van der Waals surface area (Å²) in [6, 6.07) is 8.28. The molecular weight excluding hydrogens is 367 g/mol. The number of benzene rings is 2. The number of ether oxygens (including phenoxy) is 1. The molecule has 4 nitrogen and oxygen atoms in total. The maximum Gasteiger partial charge on any atom is 0.416 e. The van der Waals surface area contributed by atoms with Crippen molar-refractivity contribution in [1.29, 1.82) is 0 Å².